The first kappa shape index (κ1) is 18.8. The summed E-state index contributed by atoms with van der Waals surface area (Å²) < 4.78 is 5.77. The lowest BCUT2D eigenvalue weighted by molar-refractivity contribution is 0.0827. The molecule has 0 unspecified atom stereocenters. The number of hydrogen-bond donors (Lipinski definition) is 1. The molecule has 0 bridgehead atoms. The average Bonchev–Trinajstić information content (AvgIpc) is 3.37. The van der Waals surface area contributed by atoms with Gasteiger partial charge in [0.05, 0.1) is 16.8 Å². The quantitative estimate of drug-likeness (QED) is 0.541. The van der Waals surface area contributed by atoms with Crippen molar-refractivity contribution in [2.75, 3.05) is 19.8 Å². The lowest BCUT2D eigenvalue weighted by Crippen LogP contribution is -2.21. The topological polar surface area (TPSA) is 111 Å². The Morgan fingerprint density at radius 1 is 1.10 bits per heavy atom. The van der Waals surface area contributed by atoms with Crippen molar-refractivity contribution in [3.05, 3.63) is 53.0 Å². The third-order valence-electron chi connectivity index (χ3n) is 4.21. The van der Waals surface area contributed by atoms with Crippen LogP contribution in [0, 0.1) is 6.92 Å². The second kappa shape index (κ2) is 7.44. The van der Waals surface area contributed by atoms with Gasteiger partial charge in [0, 0.05) is 33.0 Å². The molecule has 3 aromatic heterocycles. The predicted octanol–water partition coefficient (Wildman–Crippen LogP) is 4.01. The maximum absolute atomic E-state index is 12.1. The number of hydrogen-bond acceptors (Lipinski definition) is 8. The largest absolute Gasteiger partial charge is 0.414 e. The SMILES string of the molecule is Cc1ccc(-c2nnc(-c3nc(-c4ccc(C(=O)N(C)C)cc4)cnc3N)o2)s1.[HH].[HH]. The molecule has 0 aliphatic carbocycles. The molecular weight excluding hydrogens is 388 g/mol. The number of nitrogens with two attached hydrogens (primary N) is 1. The summed E-state index contributed by atoms with van der Waals surface area (Å²) in [6.45, 7) is 2.01. The Labute approximate surface area is 174 Å². The first-order valence-electron chi connectivity index (χ1n) is 8.77. The molecule has 0 radical (unpaired) electrons. The maximum atomic E-state index is 12.1. The second-order valence-corrected chi connectivity index (χ2v) is 7.88. The number of carbonyl (C=O) groups excluding carboxylic acids is 1. The number of carbonyl (C=O) groups is 1. The molecule has 3 heterocycles. The third-order valence-corrected chi connectivity index (χ3v) is 5.20. The molecule has 8 nitrogen and oxygen atoms in total. The zero-order chi connectivity index (χ0) is 20.5. The van der Waals surface area contributed by atoms with E-state index in [1.165, 1.54) is 4.90 Å². The molecule has 1 amide bonds. The van der Waals surface area contributed by atoms with Crippen molar-refractivity contribution >= 4 is 23.1 Å². The number of amides is 1. The Balaban J connectivity index is 0.00000171. The first-order chi connectivity index (χ1) is 13.9. The van der Waals surface area contributed by atoms with Crippen LogP contribution in [0.25, 0.3) is 33.6 Å². The molecular formula is C20H22N6O2S. The van der Waals surface area contributed by atoms with Crippen LogP contribution >= 0.6 is 11.3 Å². The fourth-order valence-corrected chi connectivity index (χ4v) is 3.49. The van der Waals surface area contributed by atoms with E-state index >= 15 is 0 Å². The number of anilines is 1. The molecule has 9 heteroatoms. The van der Waals surface area contributed by atoms with Crippen molar-refractivity contribution in [2.24, 2.45) is 0 Å². The van der Waals surface area contributed by atoms with E-state index in [2.05, 4.69) is 20.2 Å². The summed E-state index contributed by atoms with van der Waals surface area (Å²) in [5.74, 6) is 0.752. The van der Waals surface area contributed by atoms with Crippen molar-refractivity contribution in [3.63, 3.8) is 0 Å². The number of benzene rings is 1. The van der Waals surface area contributed by atoms with Crippen LogP contribution in [0.3, 0.4) is 0 Å². The first-order valence-corrected chi connectivity index (χ1v) is 9.59. The van der Waals surface area contributed by atoms with Crippen molar-refractivity contribution < 1.29 is 12.1 Å². The number of aromatic nitrogens is 4. The highest BCUT2D eigenvalue weighted by atomic mass is 32.1. The van der Waals surface area contributed by atoms with Crippen molar-refractivity contribution in [2.45, 2.75) is 6.92 Å². The standard InChI is InChI=1S/C20H18N6O2S.2H2/c1-11-4-9-15(29-11)18-24-25-19(28-18)16-17(21)22-10-14(23-16)12-5-7-13(8-6-12)20(27)26(2)3;;/h4-10H,1-3H3,(H2,21,22);2*1H. The molecule has 0 fully saturated rings. The van der Waals surface area contributed by atoms with E-state index in [4.69, 9.17) is 10.2 Å². The zero-order valence-electron chi connectivity index (χ0n) is 16.1. The summed E-state index contributed by atoms with van der Waals surface area (Å²) in [5, 5.41) is 8.18. The molecule has 29 heavy (non-hydrogen) atoms. The number of thiophene rings is 1. The highest BCUT2D eigenvalue weighted by Gasteiger charge is 2.18. The average molecular weight is 411 g/mol. The highest BCUT2D eigenvalue weighted by molar-refractivity contribution is 7.15. The van der Waals surface area contributed by atoms with Gasteiger partial charge in [0.1, 0.15) is 0 Å². The highest BCUT2D eigenvalue weighted by Crippen LogP contribution is 2.31. The smallest absolute Gasteiger partial charge is 0.270 e. The van der Waals surface area contributed by atoms with Crippen LogP contribution in [0.5, 0.6) is 0 Å². The van der Waals surface area contributed by atoms with Gasteiger partial charge < -0.3 is 15.1 Å². The fourth-order valence-electron chi connectivity index (χ4n) is 2.70. The van der Waals surface area contributed by atoms with Crippen LogP contribution in [0.2, 0.25) is 0 Å². The molecule has 1 aromatic carbocycles. The van der Waals surface area contributed by atoms with Gasteiger partial charge in [-0.25, -0.2) is 9.97 Å². The normalized spacial score (nSPS) is 10.9. The van der Waals surface area contributed by atoms with Crippen molar-refractivity contribution in [3.8, 4) is 33.6 Å². The minimum Gasteiger partial charge on any atom is -0.414 e. The summed E-state index contributed by atoms with van der Waals surface area (Å²) in [5.41, 5.74) is 8.30. The van der Waals surface area contributed by atoms with Crippen LogP contribution < -0.4 is 5.73 Å². The Hall–Kier alpha value is -3.59. The van der Waals surface area contributed by atoms with Gasteiger partial charge in [-0.1, -0.05) is 12.1 Å². The number of aryl methyl sites for hydroxylation is 1. The lowest BCUT2D eigenvalue weighted by Gasteiger charge is -2.10. The molecule has 0 aliphatic rings. The lowest BCUT2D eigenvalue weighted by atomic mass is 10.1. The summed E-state index contributed by atoms with van der Waals surface area (Å²) in [4.78, 5) is 24.4. The van der Waals surface area contributed by atoms with Crippen molar-refractivity contribution in [1.82, 2.24) is 25.1 Å². The Morgan fingerprint density at radius 2 is 1.83 bits per heavy atom. The van der Waals surface area contributed by atoms with Gasteiger partial charge in [-0.3, -0.25) is 4.79 Å². The van der Waals surface area contributed by atoms with Gasteiger partial charge in [0.2, 0.25) is 0 Å². The van der Waals surface area contributed by atoms with E-state index in [-0.39, 0.29) is 20.5 Å². The van der Waals surface area contributed by atoms with Crippen LogP contribution in [0.15, 0.2) is 47.0 Å². The van der Waals surface area contributed by atoms with E-state index in [9.17, 15) is 4.79 Å². The van der Waals surface area contributed by atoms with Crippen molar-refractivity contribution in [1.29, 1.82) is 0 Å². The maximum Gasteiger partial charge on any atom is 0.270 e. The van der Waals surface area contributed by atoms with Crippen LogP contribution in [0.4, 0.5) is 5.82 Å². The monoisotopic (exact) mass is 410 g/mol. The van der Waals surface area contributed by atoms with Crippen LogP contribution in [0.1, 0.15) is 18.1 Å². The molecule has 0 aliphatic heterocycles. The summed E-state index contributed by atoms with van der Waals surface area (Å²) >= 11 is 1.56. The number of nitrogen functional groups attached to an aromatic ring is 1. The minimum atomic E-state index is -0.0668. The molecule has 2 N–H and O–H groups in total. The molecule has 4 aromatic rings. The van der Waals surface area contributed by atoms with E-state index in [0.29, 0.717) is 22.8 Å². The molecule has 150 valence electrons. The van der Waals surface area contributed by atoms with Gasteiger partial charge in [0.15, 0.2) is 11.5 Å². The molecule has 0 spiro atoms. The van der Waals surface area contributed by atoms with E-state index in [0.717, 1.165) is 15.3 Å². The van der Waals surface area contributed by atoms with Gasteiger partial charge in [-0.05, 0) is 31.2 Å². The Bertz CT molecular complexity index is 1190. The summed E-state index contributed by atoms with van der Waals surface area (Å²) in [7, 11) is 3.42. The number of nitrogens with zero attached hydrogens (tertiary/aromatic N) is 5. The van der Waals surface area contributed by atoms with Gasteiger partial charge >= 0.3 is 0 Å². The van der Waals surface area contributed by atoms with E-state index in [1.54, 1.807) is 43.8 Å². The minimum absolute atomic E-state index is 0. The van der Waals surface area contributed by atoms with Crippen LogP contribution in [-0.2, 0) is 0 Å². The van der Waals surface area contributed by atoms with Gasteiger partial charge in [0.25, 0.3) is 17.7 Å². The van der Waals surface area contributed by atoms with E-state index in [1.807, 2.05) is 31.2 Å². The number of rotatable bonds is 4. The fraction of sp³-hybridized carbons (Fsp3) is 0.150. The molecule has 0 saturated heterocycles. The van der Waals surface area contributed by atoms with Gasteiger partial charge in [-0.2, -0.15) is 0 Å². The molecule has 4 rings (SSSR count). The van der Waals surface area contributed by atoms with E-state index < -0.39 is 0 Å². The Kier molecular flexibility index (Phi) is 4.81. The summed E-state index contributed by atoms with van der Waals surface area (Å²) in [6, 6.07) is 11.0. The Morgan fingerprint density at radius 3 is 2.48 bits per heavy atom. The second-order valence-electron chi connectivity index (χ2n) is 6.59. The molecule has 0 atom stereocenters. The predicted molar refractivity (Wildman–Crippen MR) is 115 cm³/mol. The molecule has 0 saturated carbocycles. The zero-order valence-corrected chi connectivity index (χ0v) is 16.9. The summed E-state index contributed by atoms with van der Waals surface area (Å²) in [6.07, 6.45) is 1.57. The van der Waals surface area contributed by atoms with Gasteiger partial charge in [-0.15, -0.1) is 21.5 Å². The van der Waals surface area contributed by atoms with Crippen LogP contribution in [-0.4, -0.2) is 45.1 Å². The third kappa shape index (κ3) is 3.72.